The normalized spacial score (nSPS) is 22.2. The summed E-state index contributed by atoms with van der Waals surface area (Å²) in [4.78, 5) is 16.4. The molecule has 1 rings (SSSR count). The number of likely N-dealkylation sites (tertiary alicyclic amines) is 1. The van der Waals surface area contributed by atoms with Gasteiger partial charge in [-0.25, -0.2) is 0 Å². The molecule has 0 spiro atoms. The SMILES string of the molecule is CCC[C@H](N)C(=O)N1CCC(N(CC)CC)C1. The van der Waals surface area contributed by atoms with Crippen molar-refractivity contribution in [1.82, 2.24) is 9.80 Å². The predicted octanol–water partition coefficient (Wildman–Crippen LogP) is 1.06. The van der Waals surface area contributed by atoms with Crippen LogP contribution in [0.4, 0.5) is 0 Å². The predicted molar refractivity (Wildman–Crippen MR) is 70.8 cm³/mol. The Morgan fingerprint density at radius 3 is 2.59 bits per heavy atom. The lowest BCUT2D eigenvalue weighted by Crippen LogP contribution is -2.44. The van der Waals surface area contributed by atoms with Crippen molar-refractivity contribution in [3.05, 3.63) is 0 Å². The molecule has 0 aromatic heterocycles. The Hall–Kier alpha value is -0.610. The molecule has 17 heavy (non-hydrogen) atoms. The first-order valence-corrected chi connectivity index (χ1v) is 6.92. The first-order valence-electron chi connectivity index (χ1n) is 6.92. The average Bonchev–Trinajstić information content (AvgIpc) is 2.79. The summed E-state index contributed by atoms with van der Waals surface area (Å²) in [6.45, 7) is 10.3. The van der Waals surface area contributed by atoms with Gasteiger partial charge in [0.2, 0.25) is 5.91 Å². The molecule has 100 valence electrons. The van der Waals surface area contributed by atoms with Crippen molar-refractivity contribution in [2.45, 2.75) is 52.1 Å². The fourth-order valence-corrected chi connectivity index (χ4v) is 2.65. The minimum Gasteiger partial charge on any atom is -0.340 e. The zero-order chi connectivity index (χ0) is 12.8. The third-order valence-electron chi connectivity index (χ3n) is 3.72. The smallest absolute Gasteiger partial charge is 0.239 e. The van der Waals surface area contributed by atoms with Gasteiger partial charge >= 0.3 is 0 Å². The zero-order valence-electron chi connectivity index (χ0n) is 11.5. The summed E-state index contributed by atoms with van der Waals surface area (Å²) >= 11 is 0. The van der Waals surface area contributed by atoms with Crippen LogP contribution < -0.4 is 5.73 Å². The summed E-state index contributed by atoms with van der Waals surface area (Å²) < 4.78 is 0. The van der Waals surface area contributed by atoms with Gasteiger partial charge in [0, 0.05) is 19.1 Å². The molecule has 0 aliphatic carbocycles. The molecule has 0 radical (unpaired) electrons. The van der Waals surface area contributed by atoms with E-state index in [0.29, 0.717) is 6.04 Å². The number of hydrogen-bond acceptors (Lipinski definition) is 3. The van der Waals surface area contributed by atoms with Gasteiger partial charge in [-0.3, -0.25) is 9.69 Å². The second-order valence-electron chi connectivity index (χ2n) is 4.84. The van der Waals surface area contributed by atoms with Crippen molar-refractivity contribution in [1.29, 1.82) is 0 Å². The highest BCUT2D eigenvalue weighted by molar-refractivity contribution is 5.81. The Labute approximate surface area is 105 Å². The lowest BCUT2D eigenvalue weighted by molar-refractivity contribution is -0.131. The highest BCUT2D eigenvalue weighted by Gasteiger charge is 2.30. The minimum absolute atomic E-state index is 0.140. The molecule has 1 unspecified atom stereocenters. The number of likely N-dealkylation sites (N-methyl/N-ethyl adjacent to an activating group) is 1. The molecule has 1 heterocycles. The van der Waals surface area contributed by atoms with Crippen LogP contribution in [0.15, 0.2) is 0 Å². The number of hydrogen-bond donors (Lipinski definition) is 1. The van der Waals surface area contributed by atoms with E-state index in [2.05, 4.69) is 25.7 Å². The molecule has 1 fully saturated rings. The van der Waals surface area contributed by atoms with Crippen LogP contribution in [0.2, 0.25) is 0 Å². The standard InChI is InChI=1S/C13H27N3O/c1-4-7-12(14)13(17)16-9-8-11(10-16)15(5-2)6-3/h11-12H,4-10,14H2,1-3H3/t11?,12-/m0/s1. The summed E-state index contributed by atoms with van der Waals surface area (Å²) in [5.41, 5.74) is 5.89. The molecule has 1 saturated heterocycles. The molecule has 0 aromatic rings. The van der Waals surface area contributed by atoms with Crippen molar-refractivity contribution in [3.8, 4) is 0 Å². The van der Waals surface area contributed by atoms with E-state index in [9.17, 15) is 4.79 Å². The van der Waals surface area contributed by atoms with Crippen LogP contribution in [-0.4, -0.2) is 54.0 Å². The minimum atomic E-state index is -0.296. The number of carbonyl (C=O) groups is 1. The van der Waals surface area contributed by atoms with Gasteiger partial charge in [0.25, 0.3) is 0 Å². The Bertz CT molecular complexity index is 241. The molecular formula is C13H27N3O. The Morgan fingerprint density at radius 2 is 2.06 bits per heavy atom. The molecular weight excluding hydrogens is 214 g/mol. The van der Waals surface area contributed by atoms with Crippen LogP contribution >= 0.6 is 0 Å². The van der Waals surface area contributed by atoms with Crippen LogP contribution in [0.25, 0.3) is 0 Å². The van der Waals surface area contributed by atoms with Gasteiger partial charge in [-0.15, -0.1) is 0 Å². The third-order valence-corrected chi connectivity index (χ3v) is 3.72. The van der Waals surface area contributed by atoms with E-state index in [0.717, 1.165) is 45.4 Å². The van der Waals surface area contributed by atoms with Gasteiger partial charge in [-0.05, 0) is 25.9 Å². The molecule has 2 atom stereocenters. The van der Waals surface area contributed by atoms with Crippen LogP contribution in [0.3, 0.4) is 0 Å². The van der Waals surface area contributed by atoms with Crippen molar-refractivity contribution in [3.63, 3.8) is 0 Å². The molecule has 1 aliphatic rings. The van der Waals surface area contributed by atoms with Crippen molar-refractivity contribution >= 4 is 5.91 Å². The molecule has 4 nitrogen and oxygen atoms in total. The summed E-state index contributed by atoms with van der Waals surface area (Å²) in [5, 5.41) is 0. The average molecular weight is 241 g/mol. The van der Waals surface area contributed by atoms with E-state index in [1.807, 2.05) is 4.90 Å². The van der Waals surface area contributed by atoms with E-state index in [1.54, 1.807) is 0 Å². The highest BCUT2D eigenvalue weighted by Crippen LogP contribution is 2.16. The molecule has 0 saturated carbocycles. The molecule has 4 heteroatoms. The quantitative estimate of drug-likeness (QED) is 0.756. The fraction of sp³-hybridized carbons (Fsp3) is 0.923. The number of carbonyl (C=O) groups excluding carboxylic acids is 1. The Balaban J connectivity index is 2.46. The third kappa shape index (κ3) is 3.68. The van der Waals surface area contributed by atoms with Gasteiger partial charge in [0.15, 0.2) is 0 Å². The van der Waals surface area contributed by atoms with Gasteiger partial charge in [-0.1, -0.05) is 27.2 Å². The maximum atomic E-state index is 12.1. The molecule has 2 N–H and O–H groups in total. The van der Waals surface area contributed by atoms with Crippen LogP contribution in [0.5, 0.6) is 0 Å². The highest BCUT2D eigenvalue weighted by atomic mass is 16.2. The zero-order valence-corrected chi connectivity index (χ0v) is 11.5. The second kappa shape index (κ2) is 6.97. The lowest BCUT2D eigenvalue weighted by atomic mass is 10.1. The van der Waals surface area contributed by atoms with Crippen molar-refractivity contribution < 1.29 is 4.79 Å². The molecule has 0 bridgehead atoms. The van der Waals surface area contributed by atoms with E-state index in [1.165, 1.54) is 0 Å². The van der Waals surface area contributed by atoms with E-state index in [-0.39, 0.29) is 11.9 Å². The van der Waals surface area contributed by atoms with E-state index in [4.69, 9.17) is 5.73 Å². The summed E-state index contributed by atoms with van der Waals surface area (Å²) in [7, 11) is 0. The van der Waals surface area contributed by atoms with Crippen molar-refractivity contribution in [2.24, 2.45) is 5.73 Å². The van der Waals surface area contributed by atoms with Crippen LogP contribution in [-0.2, 0) is 4.79 Å². The number of rotatable bonds is 6. The van der Waals surface area contributed by atoms with Gasteiger partial charge < -0.3 is 10.6 Å². The largest absolute Gasteiger partial charge is 0.340 e. The fourth-order valence-electron chi connectivity index (χ4n) is 2.65. The number of nitrogens with two attached hydrogens (primary N) is 1. The van der Waals surface area contributed by atoms with Gasteiger partial charge in [-0.2, -0.15) is 0 Å². The molecule has 1 aliphatic heterocycles. The Morgan fingerprint density at radius 1 is 1.41 bits per heavy atom. The van der Waals surface area contributed by atoms with E-state index < -0.39 is 0 Å². The van der Waals surface area contributed by atoms with Crippen LogP contribution in [0.1, 0.15) is 40.0 Å². The van der Waals surface area contributed by atoms with Crippen LogP contribution in [0, 0.1) is 0 Å². The lowest BCUT2D eigenvalue weighted by Gasteiger charge is -2.26. The summed E-state index contributed by atoms with van der Waals surface area (Å²) in [6.07, 6.45) is 2.86. The summed E-state index contributed by atoms with van der Waals surface area (Å²) in [5.74, 6) is 0.140. The first kappa shape index (κ1) is 14.5. The topological polar surface area (TPSA) is 49.6 Å². The first-order chi connectivity index (χ1) is 8.13. The number of amides is 1. The Kier molecular flexibility index (Phi) is 5.92. The maximum absolute atomic E-state index is 12.1. The van der Waals surface area contributed by atoms with E-state index >= 15 is 0 Å². The second-order valence-corrected chi connectivity index (χ2v) is 4.84. The molecule has 0 aromatic carbocycles. The van der Waals surface area contributed by atoms with Crippen molar-refractivity contribution in [2.75, 3.05) is 26.2 Å². The van der Waals surface area contributed by atoms with Gasteiger partial charge in [0.05, 0.1) is 6.04 Å². The summed E-state index contributed by atoms with van der Waals surface area (Å²) in [6, 6.07) is 0.234. The maximum Gasteiger partial charge on any atom is 0.239 e. The monoisotopic (exact) mass is 241 g/mol. The van der Waals surface area contributed by atoms with Gasteiger partial charge in [0.1, 0.15) is 0 Å². The number of nitrogens with zero attached hydrogens (tertiary/aromatic N) is 2. The molecule has 1 amide bonds.